The van der Waals surface area contributed by atoms with E-state index in [-0.39, 0.29) is 36.6 Å². The van der Waals surface area contributed by atoms with Crippen LogP contribution in [0.3, 0.4) is 0 Å². The van der Waals surface area contributed by atoms with Crippen LogP contribution in [-0.4, -0.2) is 43.2 Å². The van der Waals surface area contributed by atoms with Gasteiger partial charge in [-0.05, 0) is 37.6 Å². The normalized spacial score (nSPS) is 16.3. The minimum absolute atomic E-state index is 0. The Balaban J connectivity index is 0.00000288. The molecule has 1 aliphatic heterocycles. The average molecular weight is 458 g/mol. The molecule has 0 atom stereocenters. The summed E-state index contributed by atoms with van der Waals surface area (Å²) in [4.78, 5) is 13.4. The van der Waals surface area contributed by atoms with E-state index in [0.29, 0.717) is 0 Å². The molecule has 4 nitrogen and oxygen atoms in total. The molecule has 0 saturated carbocycles. The van der Waals surface area contributed by atoms with E-state index >= 15 is 0 Å². The standard InChI is InChI=1S/C16H21F3N2O2.HI/c1-21-8-6-14(7-9-21)23-13-4-2-12(3-5-13)11-20-15(22)10-16(17,18)19;/h2-5,14H,6-11H2,1H3,(H,20,22);1H. The number of hydrogen-bond donors (Lipinski definition) is 1. The molecule has 24 heavy (non-hydrogen) atoms. The zero-order chi connectivity index (χ0) is 16.9. The van der Waals surface area contributed by atoms with Crippen LogP contribution in [0.4, 0.5) is 13.2 Å². The van der Waals surface area contributed by atoms with E-state index in [1.54, 1.807) is 24.3 Å². The number of ether oxygens (including phenoxy) is 1. The van der Waals surface area contributed by atoms with Gasteiger partial charge in [0.2, 0.25) is 5.91 Å². The second-order valence-corrected chi connectivity index (χ2v) is 5.83. The van der Waals surface area contributed by atoms with Crippen LogP contribution in [0.2, 0.25) is 0 Å². The van der Waals surface area contributed by atoms with Crippen LogP contribution >= 0.6 is 24.0 Å². The summed E-state index contributed by atoms with van der Waals surface area (Å²) in [5, 5.41) is 2.26. The molecule has 1 fully saturated rings. The highest BCUT2D eigenvalue weighted by Gasteiger charge is 2.30. The summed E-state index contributed by atoms with van der Waals surface area (Å²) >= 11 is 0. The Bertz CT molecular complexity index is 515. The van der Waals surface area contributed by atoms with Gasteiger partial charge in [-0.3, -0.25) is 4.79 Å². The van der Waals surface area contributed by atoms with Crippen molar-refractivity contribution in [1.29, 1.82) is 0 Å². The number of nitrogens with zero attached hydrogens (tertiary/aromatic N) is 1. The van der Waals surface area contributed by atoms with Gasteiger partial charge in [0.25, 0.3) is 0 Å². The Hall–Kier alpha value is -1.03. The van der Waals surface area contributed by atoms with Gasteiger partial charge in [-0.25, -0.2) is 0 Å². The van der Waals surface area contributed by atoms with Crippen molar-refractivity contribution < 1.29 is 22.7 Å². The Morgan fingerprint density at radius 3 is 2.38 bits per heavy atom. The first-order valence-corrected chi connectivity index (χ1v) is 7.59. The highest BCUT2D eigenvalue weighted by molar-refractivity contribution is 14.0. The average Bonchev–Trinajstić information content (AvgIpc) is 2.47. The first-order chi connectivity index (χ1) is 10.8. The summed E-state index contributed by atoms with van der Waals surface area (Å²) in [6.07, 6.45) is -3.78. The van der Waals surface area contributed by atoms with E-state index in [0.717, 1.165) is 37.2 Å². The predicted molar refractivity (Wildman–Crippen MR) is 95.5 cm³/mol. The number of rotatable bonds is 5. The number of amides is 1. The van der Waals surface area contributed by atoms with Crippen molar-refractivity contribution in [3.05, 3.63) is 29.8 Å². The summed E-state index contributed by atoms with van der Waals surface area (Å²) < 4.78 is 42.0. The molecule has 0 aliphatic carbocycles. The third-order valence-electron chi connectivity index (χ3n) is 3.74. The van der Waals surface area contributed by atoms with Crippen molar-refractivity contribution in [3.8, 4) is 5.75 Å². The molecule has 1 aromatic carbocycles. The van der Waals surface area contributed by atoms with Gasteiger partial charge in [-0.15, -0.1) is 24.0 Å². The lowest BCUT2D eigenvalue weighted by molar-refractivity contribution is -0.153. The highest BCUT2D eigenvalue weighted by Crippen LogP contribution is 2.20. The number of piperidine rings is 1. The molecular formula is C16H22F3IN2O2. The molecule has 0 aromatic heterocycles. The third-order valence-corrected chi connectivity index (χ3v) is 3.74. The number of benzene rings is 1. The number of hydrogen-bond acceptors (Lipinski definition) is 3. The molecule has 1 aromatic rings. The van der Waals surface area contributed by atoms with E-state index in [1.165, 1.54) is 0 Å². The fraction of sp³-hybridized carbons (Fsp3) is 0.562. The molecule has 8 heteroatoms. The van der Waals surface area contributed by atoms with E-state index in [9.17, 15) is 18.0 Å². The van der Waals surface area contributed by atoms with Gasteiger partial charge in [0, 0.05) is 19.6 Å². The number of likely N-dealkylation sites (tertiary alicyclic amines) is 1. The summed E-state index contributed by atoms with van der Waals surface area (Å²) in [5.74, 6) is -0.283. The van der Waals surface area contributed by atoms with E-state index < -0.39 is 18.5 Å². The minimum atomic E-state index is -4.48. The van der Waals surface area contributed by atoms with Crippen LogP contribution in [0.1, 0.15) is 24.8 Å². The molecule has 0 unspecified atom stereocenters. The Labute approximate surface area is 156 Å². The minimum Gasteiger partial charge on any atom is -0.490 e. The van der Waals surface area contributed by atoms with Crippen molar-refractivity contribution in [2.75, 3.05) is 20.1 Å². The van der Waals surface area contributed by atoms with Crippen LogP contribution in [-0.2, 0) is 11.3 Å². The van der Waals surface area contributed by atoms with E-state index in [1.807, 2.05) is 0 Å². The Kier molecular flexibility index (Phi) is 8.28. The number of carbonyl (C=O) groups is 1. The van der Waals surface area contributed by atoms with Gasteiger partial charge in [0.1, 0.15) is 18.3 Å². The summed E-state index contributed by atoms with van der Waals surface area (Å²) in [7, 11) is 2.08. The highest BCUT2D eigenvalue weighted by atomic mass is 127. The maximum Gasteiger partial charge on any atom is 0.397 e. The van der Waals surface area contributed by atoms with Crippen LogP contribution in [0.25, 0.3) is 0 Å². The molecule has 0 radical (unpaired) electrons. The SMILES string of the molecule is CN1CCC(Oc2ccc(CNC(=O)CC(F)(F)F)cc2)CC1.I. The Morgan fingerprint density at radius 2 is 1.83 bits per heavy atom. The van der Waals surface area contributed by atoms with Crippen molar-refractivity contribution in [2.45, 2.75) is 38.1 Å². The largest absolute Gasteiger partial charge is 0.490 e. The first kappa shape index (κ1) is 21.0. The predicted octanol–water partition coefficient (Wildman–Crippen LogP) is 3.35. The van der Waals surface area contributed by atoms with Gasteiger partial charge in [0.15, 0.2) is 0 Å². The molecule has 1 N–H and O–H groups in total. The molecule has 136 valence electrons. The fourth-order valence-electron chi connectivity index (χ4n) is 2.43. The molecule has 2 rings (SSSR count). The molecule has 1 saturated heterocycles. The smallest absolute Gasteiger partial charge is 0.397 e. The Morgan fingerprint density at radius 1 is 1.25 bits per heavy atom. The van der Waals surface area contributed by atoms with Gasteiger partial charge < -0.3 is 15.0 Å². The maximum absolute atomic E-state index is 12.1. The van der Waals surface area contributed by atoms with Crippen LogP contribution in [0, 0.1) is 0 Å². The number of nitrogens with one attached hydrogen (secondary N) is 1. The lowest BCUT2D eigenvalue weighted by atomic mass is 10.1. The fourth-order valence-corrected chi connectivity index (χ4v) is 2.43. The molecular weight excluding hydrogens is 436 g/mol. The number of carbonyl (C=O) groups excluding carboxylic acids is 1. The molecule has 1 heterocycles. The second kappa shape index (κ2) is 9.45. The zero-order valence-electron chi connectivity index (χ0n) is 13.4. The van der Waals surface area contributed by atoms with Gasteiger partial charge in [0.05, 0.1) is 0 Å². The quantitative estimate of drug-likeness (QED) is 0.689. The van der Waals surface area contributed by atoms with Gasteiger partial charge >= 0.3 is 6.18 Å². The third kappa shape index (κ3) is 7.69. The summed E-state index contributed by atoms with van der Waals surface area (Å²) in [6.45, 7) is 2.09. The zero-order valence-corrected chi connectivity index (χ0v) is 15.8. The molecule has 0 bridgehead atoms. The maximum atomic E-state index is 12.1. The van der Waals surface area contributed by atoms with Crippen LogP contribution in [0.5, 0.6) is 5.75 Å². The monoisotopic (exact) mass is 458 g/mol. The second-order valence-electron chi connectivity index (χ2n) is 5.83. The molecule has 0 spiro atoms. The van der Waals surface area contributed by atoms with Gasteiger partial charge in [-0.1, -0.05) is 12.1 Å². The summed E-state index contributed by atoms with van der Waals surface area (Å²) in [5.41, 5.74) is 0.733. The topological polar surface area (TPSA) is 41.6 Å². The molecule has 1 aliphatic rings. The van der Waals surface area contributed by atoms with E-state index in [4.69, 9.17) is 4.74 Å². The number of alkyl halides is 3. The van der Waals surface area contributed by atoms with Crippen molar-refractivity contribution in [3.63, 3.8) is 0 Å². The summed E-state index contributed by atoms with van der Waals surface area (Å²) in [6, 6.07) is 7.06. The van der Waals surface area contributed by atoms with E-state index in [2.05, 4.69) is 17.3 Å². The van der Waals surface area contributed by atoms with Gasteiger partial charge in [-0.2, -0.15) is 13.2 Å². The van der Waals surface area contributed by atoms with Crippen LogP contribution in [0.15, 0.2) is 24.3 Å². The van der Waals surface area contributed by atoms with Crippen molar-refractivity contribution in [2.24, 2.45) is 0 Å². The van der Waals surface area contributed by atoms with Crippen molar-refractivity contribution >= 4 is 29.9 Å². The molecule has 1 amide bonds. The van der Waals surface area contributed by atoms with Crippen LogP contribution < -0.4 is 10.1 Å². The lowest BCUT2D eigenvalue weighted by Gasteiger charge is -2.29. The lowest BCUT2D eigenvalue weighted by Crippen LogP contribution is -2.35. The number of halogens is 4. The first-order valence-electron chi connectivity index (χ1n) is 7.59. The van der Waals surface area contributed by atoms with Crippen molar-refractivity contribution in [1.82, 2.24) is 10.2 Å².